The van der Waals surface area contributed by atoms with Crippen molar-refractivity contribution in [2.24, 2.45) is 5.73 Å². The first-order valence-corrected chi connectivity index (χ1v) is 4.85. The molecule has 82 valence electrons. The van der Waals surface area contributed by atoms with Crippen LogP contribution in [0.25, 0.3) is 0 Å². The first kappa shape index (κ1) is 10.4. The summed E-state index contributed by atoms with van der Waals surface area (Å²) in [7, 11) is 0. The van der Waals surface area contributed by atoms with E-state index in [0.717, 1.165) is 0 Å². The summed E-state index contributed by atoms with van der Waals surface area (Å²) < 4.78 is 23.6. The van der Waals surface area contributed by atoms with E-state index < -0.39 is 5.54 Å². The van der Waals surface area contributed by atoms with E-state index >= 15 is 0 Å². The molecule has 1 aliphatic heterocycles. The Hall–Kier alpha value is -1.13. The number of nitrogens with two attached hydrogens (primary N) is 1. The van der Waals surface area contributed by atoms with Crippen LogP contribution in [-0.2, 0) is 4.74 Å². The molecule has 0 bridgehead atoms. The van der Waals surface area contributed by atoms with Gasteiger partial charge in [0.15, 0.2) is 0 Å². The van der Waals surface area contributed by atoms with Gasteiger partial charge in [-0.3, -0.25) is 0 Å². The van der Waals surface area contributed by atoms with E-state index in [1.165, 1.54) is 6.07 Å². The second-order valence-corrected chi connectivity index (χ2v) is 4.05. The van der Waals surface area contributed by atoms with Gasteiger partial charge in [-0.15, -0.1) is 0 Å². The second kappa shape index (κ2) is 3.79. The first-order chi connectivity index (χ1) is 7.09. The van der Waals surface area contributed by atoms with Gasteiger partial charge in [-0.05, 0) is 18.6 Å². The predicted octanol–water partition coefficient (Wildman–Crippen LogP) is 1.24. The maximum atomic E-state index is 13.2. The molecule has 15 heavy (non-hydrogen) atoms. The fourth-order valence-corrected chi connectivity index (χ4v) is 1.34. The van der Waals surface area contributed by atoms with Gasteiger partial charge in [-0.1, -0.05) is 6.07 Å². The molecule has 1 heterocycles. The lowest BCUT2D eigenvalue weighted by atomic mass is 10.0. The summed E-state index contributed by atoms with van der Waals surface area (Å²) in [5, 5.41) is 0. The van der Waals surface area contributed by atoms with Gasteiger partial charge in [-0.25, -0.2) is 4.39 Å². The predicted molar refractivity (Wildman–Crippen MR) is 54.4 cm³/mol. The fraction of sp³-hybridized carbons (Fsp3) is 0.455. The Morgan fingerprint density at radius 3 is 2.80 bits per heavy atom. The molecular weight excluding hydrogens is 197 g/mol. The van der Waals surface area contributed by atoms with Crippen molar-refractivity contribution in [3.05, 3.63) is 29.6 Å². The van der Waals surface area contributed by atoms with Crippen LogP contribution < -0.4 is 10.5 Å². The fourth-order valence-electron chi connectivity index (χ4n) is 1.34. The molecule has 0 aromatic heterocycles. The van der Waals surface area contributed by atoms with Crippen molar-refractivity contribution >= 4 is 0 Å². The van der Waals surface area contributed by atoms with Gasteiger partial charge in [0.1, 0.15) is 18.2 Å². The van der Waals surface area contributed by atoms with E-state index in [-0.39, 0.29) is 5.82 Å². The molecule has 0 amide bonds. The topological polar surface area (TPSA) is 44.5 Å². The highest BCUT2D eigenvalue weighted by Crippen LogP contribution is 2.19. The second-order valence-electron chi connectivity index (χ2n) is 4.05. The van der Waals surface area contributed by atoms with Crippen molar-refractivity contribution in [2.45, 2.75) is 12.5 Å². The molecule has 0 unspecified atom stereocenters. The van der Waals surface area contributed by atoms with Gasteiger partial charge < -0.3 is 15.2 Å². The van der Waals surface area contributed by atoms with Crippen LogP contribution in [-0.4, -0.2) is 25.4 Å². The minimum atomic E-state index is -0.401. The molecule has 0 saturated carbocycles. The van der Waals surface area contributed by atoms with Crippen molar-refractivity contribution in [1.29, 1.82) is 0 Å². The lowest BCUT2D eigenvalue weighted by Gasteiger charge is -2.37. The number of hydrogen-bond acceptors (Lipinski definition) is 3. The lowest BCUT2D eigenvalue weighted by Crippen LogP contribution is -2.61. The molecule has 0 atom stereocenters. The number of aryl methyl sites for hydroxylation is 1. The number of hydrogen-bond donors (Lipinski definition) is 1. The third-order valence-electron chi connectivity index (χ3n) is 2.45. The lowest BCUT2D eigenvalue weighted by molar-refractivity contribution is -0.0722. The van der Waals surface area contributed by atoms with Crippen molar-refractivity contribution in [3.8, 4) is 5.75 Å². The molecule has 1 aromatic carbocycles. The van der Waals surface area contributed by atoms with Crippen LogP contribution in [0.4, 0.5) is 4.39 Å². The minimum Gasteiger partial charge on any atom is -0.491 e. The molecule has 0 aliphatic carbocycles. The smallest absolute Gasteiger partial charge is 0.129 e. The maximum Gasteiger partial charge on any atom is 0.129 e. The normalized spacial score (nSPS) is 18.3. The van der Waals surface area contributed by atoms with E-state index in [2.05, 4.69) is 0 Å². The maximum absolute atomic E-state index is 13.2. The van der Waals surface area contributed by atoms with Gasteiger partial charge in [0.2, 0.25) is 0 Å². The van der Waals surface area contributed by atoms with Crippen molar-refractivity contribution < 1.29 is 13.9 Å². The van der Waals surface area contributed by atoms with E-state index in [9.17, 15) is 4.39 Å². The Balaban J connectivity index is 1.96. The van der Waals surface area contributed by atoms with Crippen LogP contribution in [0, 0.1) is 12.7 Å². The number of rotatable bonds is 3. The minimum absolute atomic E-state index is 0.261. The molecule has 3 nitrogen and oxygen atoms in total. The number of ether oxygens (including phenoxy) is 2. The molecule has 1 aromatic rings. The van der Waals surface area contributed by atoms with Crippen molar-refractivity contribution in [3.63, 3.8) is 0 Å². The zero-order chi connectivity index (χ0) is 10.9. The SMILES string of the molecule is Cc1ccc(OCC2(N)COC2)cc1F. The summed E-state index contributed by atoms with van der Waals surface area (Å²) in [4.78, 5) is 0. The third-order valence-corrected chi connectivity index (χ3v) is 2.45. The molecular formula is C11H14FNO2. The Morgan fingerprint density at radius 2 is 2.27 bits per heavy atom. The van der Waals surface area contributed by atoms with Gasteiger partial charge in [0, 0.05) is 6.07 Å². The summed E-state index contributed by atoms with van der Waals surface area (Å²) in [6.07, 6.45) is 0. The van der Waals surface area contributed by atoms with Gasteiger partial charge in [-0.2, -0.15) is 0 Å². The Labute approximate surface area is 88.0 Å². The highest BCUT2D eigenvalue weighted by atomic mass is 19.1. The van der Waals surface area contributed by atoms with Crippen LogP contribution in [0.3, 0.4) is 0 Å². The average molecular weight is 211 g/mol. The van der Waals surface area contributed by atoms with Crippen LogP contribution in [0.2, 0.25) is 0 Å². The van der Waals surface area contributed by atoms with E-state index in [1.54, 1.807) is 19.1 Å². The monoisotopic (exact) mass is 211 g/mol. The molecule has 0 spiro atoms. The molecule has 1 fully saturated rings. The Kier molecular flexibility index (Phi) is 2.63. The molecule has 2 N–H and O–H groups in total. The van der Waals surface area contributed by atoms with Gasteiger partial charge in [0.05, 0.1) is 18.8 Å². The summed E-state index contributed by atoms with van der Waals surface area (Å²) in [6.45, 7) is 3.07. The third kappa shape index (κ3) is 2.27. The van der Waals surface area contributed by atoms with Crippen molar-refractivity contribution in [2.75, 3.05) is 19.8 Å². The quantitative estimate of drug-likeness (QED) is 0.818. The first-order valence-electron chi connectivity index (χ1n) is 4.85. The van der Waals surface area contributed by atoms with E-state index in [1.807, 2.05) is 0 Å². The summed E-state index contributed by atoms with van der Waals surface area (Å²) in [5.74, 6) is 0.248. The largest absolute Gasteiger partial charge is 0.491 e. The van der Waals surface area contributed by atoms with Crippen molar-refractivity contribution in [1.82, 2.24) is 0 Å². The standard InChI is InChI=1S/C11H14FNO2/c1-8-2-3-9(4-10(8)12)15-7-11(13)5-14-6-11/h2-4H,5-7,13H2,1H3. The molecule has 4 heteroatoms. The van der Waals surface area contributed by atoms with Crippen LogP contribution in [0.15, 0.2) is 18.2 Å². The average Bonchev–Trinajstić information content (AvgIpc) is 2.17. The highest BCUT2D eigenvalue weighted by Gasteiger charge is 2.35. The van der Waals surface area contributed by atoms with Gasteiger partial charge in [0.25, 0.3) is 0 Å². The summed E-state index contributed by atoms with van der Waals surface area (Å²) in [5.41, 5.74) is 6.08. The van der Waals surface area contributed by atoms with E-state index in [4.69, 9.17) is 15.2 Å². The molecule has 1 saturated heterocycles. The summed E-state index contributed by atoms with van der Waals surface area (Å²) >= 11 is 0. The molecule has 1 aliphatic rings. The summed E-state index contributed by atoms with van der Waals surface area (Å²) in [6, 6.07) is 4.80. The van der Waals surface area contributed by atoms with Crippen LogP contribution in [0.5, 0.6) is 5.75 Å². The zero-order valence-corrected chi connectivity index (χ0v) is 8.63. The molecule has 2 rings (SSSR count). The van der Waals surface area contributed by atoms with E-state index in [0.29, 0.717) is 31.1 Å². The van der Waals surface area contributed by atoms with Crippen LogP contribution >= 0.6 is 0 Å². The number of halogens is 1. The Morgan fingerprint density at radius 1 is 1.53 bits per heavy atom. The molecule has 0 radical (unpaired) electrons. The van der Waals surface area contributed by atoms with Gasteiger partial charge >= 0.3 is 0 Å². The Bertz CT molecular complexity index is 364. The van der Waals surface area contributed by atoms with Crippen LogP contribution in [0.1, 0.15) is 5.56 Å². The highest BCUT2D eigenvalue weighted by molar-refractivity contribution is 5.28. The number of benzene rings is 1. The zero-order valence-electron chi connectivity index (χ0n) is 8.63.